The molecule has 2 N–H and O–H groups in total. The Morgan fingerprint density at radius 1 is 1.00 bits per heavy atom. The van der Waals surface area contributed by atoms with Gasteiger partial charge in [-0.3, -0.25) is 0 Å². The molecule has 0 atom stereocenters. The summed E-state index contributed by atoms with van der Waals surface area (Å²) in [6, 6.07) is 14.8. The molecule has 0 aliphatic heterocycles. The van der Waals surface area contributed by atoms with E-state index in [0.29, 0.717) is 16.8 Å². The van der Waals surface area contributed by atoms with Crippen LogP contribution in [0.15, 0.2) is 54.7 Å². The lowest BCUT2D eigenvalue weighted by Crippen LogP contribution is -2.02. The Labute approximate surface area is 138 Å². The van der Waals surface area contributed by atoms with E-state index >= 15 is 0 Å². The topological polar surface area (TPSA) is 72.0 Å². The number of nitrogens with one attached hydrogen (secondary N) is 2. The van der Waals surface area contributed by atoms with Crippen LogP contribution in [0.1, 0.15) is 0 Å². The van der Waals surface area contributed by atoms with Gasteiger partial charge in [0.15, 0.2) is 5.82 Å². The smallest absolute Gasteiger partial charge is 0.249 e. The Morgan fingerprint density at radius 3 is 2.57 bits per heavy atom. The van der Waals surface area contributed by atoms with Crippen LogP contribution in [0.4, 0.5) is 23.1 Å². The maximum absolute atomic E-state index is 5.97. The highest BCUT2D eigenvalue weighted by molar-refractivity contribution is 6.30. The Balaban J connectivity index is 1.76. The van der Waals surface area contributed by atoms with E-state index in [1.165, 1.54) is 6.20 Å². The van der Waals surface area contributed by atoms with Gasteiger partial charge in [-0.25, -0.2) is 0 Å². The molecule has 1 aromatic heterocycles. The zero-order valence-electron chi connectivity index (χ0n) is 12.3. The molecule has 0 bridgehead atoms. The first kappa shape index (κ1) is 15.1. The van der Waals surface area contributed by atoms with E-state index in [1.54, 1.807) is 19.2 Å². The monoisotopic (exact) mass is 327 g/mol. The van der Waals surface area contributed by atoms with Crippen molar-refractivity contribution in [1.29, 1.82) is 0 Å². The summed E-state index contributed by atoms with van der Waals surface area (Å²) in [5.74, 6) is 1.69. The van der Waals surface area contributed by atoms with Gasteiger partial charge in [0, 0.05) is 22.5 Å². The van der Waals surface area contributed by atoms with Gasteiger partial charge in [-0.2, -0.15) is 10.1 Å². The maximum Gasteiger partial charge on any atom is 0.249 e. The van der Waals surface area contributed by atoms with E-state index in [1.807, 2.05) is 36.4 Å². The molecule has 0 amide bonds. The number of benzene rings is 2. The largest absolute Gasteiger partial charge is 0.497 e. The van der Waals surface area contributed by atoms with E-state index in [4.69, 9.17) is 16.3 Å². The summed E-state index contributed by atoms with van der Waals surface area (Å²) in [6.45, 7) is 0. The molecule has 0 aliphatic rings. The van der Waals surface area contributed by atoms with Gasteiger partial charge < -0.3 is 15.4 Å². The number of anilines is 4. The van der Waals surface area contributed by atoms with Crippen LogP contribution in [0.5, 0.6) is 5.75 Å². The highest BCUT2D eigenvalue weighted by Crippen LogP contribution is 2.21. The number of hydrogen-bond acceptors (Lipinski definition) is 6. The van der Waals surface area contributed by atoms with Gasteiger partial charge in [-0.1, -0.05) is 23.7 Å². The van der Waals surface area contributed by atoms with Crippen molar-refractivity contribution in [1.82, 2.24) is 15.2 Å². The molecule has 0 fully saturated rings. The summed E-state index contributed by atoms with van der Waals surface area (Å²) in [5.41, 5.74) is 1.64. The standard InChI is InChI=1S/C16H14ClN5O/c1-23-14-7-3-6-13(9-14)20-16-21-15(10-18-22-16)19-12-5-2-4-11(17)8-12/h2-10H,1H3,(H2,19,20,21,22). The van der Waals surface area contributed by atoms with Crippen LogP contribution in [-0.2, 0) is 0 Å². The Morgan fingerprint density at radius 2 is 1.78 bits per heavy atom. The van der Waals surface area contributed by atoms with Crippen molar-refractivity contribution in [2.24, 2.45) is 0 Å². The second-order valence-electron chi connectivity index (χ2n) is 4.66. The predicted molar refractivity (Wildman–Crippen MR) is 90.8 cm³/mol. The van der Waals surface area contributed by atoms with Crippen LogP contribution in [0.25, 0.3) is 0 Å². The Kier molecular flexibility index (Phi) is 4.54. The van der Waals surface area contributed by atoms with Crippen LogP contribution in [0.2, 0.25) is 5.02 Å². The van der Waals surface area contributed by atoms with E-state index in [9.17, 15) is 0 Å². The summed E-state index contributed by atoms with van der Waals surface area (Å²) in [6.07, 6.45) is 1.54. The van der Waals surface area contributed by atoms with Crippen molar-refractivity contribution >= 4 is 34.7 Å². The second-order valence-corrected chi connectivity index (χ2v) is 5.09. The van der Waals surface area contributed by atoms with Crippen molar-refractivity contribution in [2.45, 2.75) is 0 Å². The minimum atomic E-state index is 0.380. The fourth-order valence-electron chi connectivity index (χ4n) is 1.96. The average molecular weight is 328 g/mol. The summed E-state index contributed by atoms with van der Waals surface area (Å²) in [7, 11) is 1.62. The molecule has 3 aromatic rings. The van der Waals surface area contributed by atoms with Crippen molar-refractivity contribution in [2.75, 3.05) is 17.7 Å². The molecule has 0 aliphatic carbocycles. The minimum absolute atomic E-state index is 0.380. The normalized spacial score (nSPS) is 10.2. The molecule has 0 radical (unpaired) electrons. The highest BCUT2D eigenvalue weighted by Gasteiger charge is 2.03. The Bertz CT molecular complexity index is 812. The SMILES string of the molecule is COc1cccc(Nc2nncc(Nc3cccc(Cl)c3)n2)c1. The maximum atomic E-state index is 5.97. The zero-order chi connectivity index (χ0) is 16.1. The molecular formula is C16H14ClN5O. The quantitative estimate of drug-likeness (QED) is 0.737. The number of hydrogen-bond donors (Lipinski definition) is 2. The predicted octanol–water partition coefficient (Wildman–Crippen LogP) is 4.02. The van der Waals surface area contributed by atoms with Gasteiger partial charge >= 0.3 is 0 Å². The molecule has 116 valence electrons. The molecule has 1 heterocycles. The first-order valence-electron chi connectivity index (χ1n) is 6.86. The minimum Gasteiger partial charge on any atom is -0.497 e. The number of nitrogens with zero attached hydrogens (tertiary/aromatic N) is 3. The van der Waals surface area contributed by atoms with Gasteiger partial charge in [0.2, 0.25) is 5.95 Å². The van der Waals surface area contributed by atoms with Crippen molar-refractivity contribution in [3.8, 4) is 5.75 Å². The van der Waals surface area contributed by atoms with Crippen LogP contribution in [0.3, 0.4) is 0 Å². The van der Waals surface area contributed by atoms with Gasteiger partial charge in [0.1, 0.15) is 5.75 Å². The number of ether oxygens (including phenoxy) is 1. The number of aromatic nitrogens is 3. The van der Waals surface area contributed by atoms with Gasteiger partial charge in [-0.05, 0) is 30.3 Å². The molecule has 23 heavy (non-hydrogen) atoms. The van der Waals surface area contributed by atoms with E-state index in [0.717, 1.165) is 17.1 Å². The van der Waals surface area contributed by atoms with E-state index in [2.05, 4.69) is 25.8 Å². The molecule has 2 aromatic carbocycles. The number of rotatable bonds is 5. The van der Waals surface area contributed by atoms with Gasteiger partial charge in [0.05, 0.1) is 13.3 Å². The third kappa shape index (κ3) is 4.08. The molecule has 7 heteroatoms. The second kappa shape index (κ2) is 6.93. The first-order valence-corrected chi connectivity index (χ1v) is 7.24. The van der Waals surface area contributed by atoms with Crippen LogP contribution in [0, 0.1) is 0 Å². The molecular weight excluding hydrogens is 314 g/mol. The van der Waals surface area contributed by atoms with Gasteiger partial charge in [-0.15, -0.1) is 5.10 Å². The van der Waals surface area contributed by atoms with Crippen molar-refractivity contribution < 1.29 is 4.74 Å². The average Bonchev–Trinajstić information content (AvgIpc) is 2.55. The fraction of sp³-hybridized carbons (Fsp3) is 0.0625. The first-order chi connectivity index (χ1) is 11.2. The third-order valence-electron chi connectivity index (χ3n) is 2.98. The van der Waals surface area contributed by atoms with Crippen molar-refractivity contribution in [3.05, 3.63) is 59.8 Å². The third-order valence-corrected chi connectivity index (χ3v) is 3.22. The zero-order valence-corrected chi connectivity index (χ0v) is 13.1. The lowest BCUT2D eigenvalue weighted by Gasteiger charge is -2.08. The molecule has 0 saturated heterocycles. The number of halogens is 1. The lowest BCUT2D eigenvalue weighted by atomic mass is 10.3. The van der Waals surface area contributed by atoms with E-state index in [-0.39, 0.29) is 0 Å². The number of methoxy groups -OCH3 is 1. The van der Waals surface area contributed by atoms with Crippen molar-refractivity contribution in [3.63, 3.8) is 0 Å². The van der Waals surface area contributed by atoms with E-state index < -0.39 is 0 Å². The summed E-state index contributed by atoms with van der Waals surface area (Å²) in [5, 5.41) is 14.8. The molecule has 6 nitrogen and oxygen atoms in total. The van der Waals surface area contributed by atoms with Crippen LogP contribution < -0.4 is 15.4 Å². The highest BCUT2D eigenvalue weighted by atomic mass is 35.5. The van der Waals surface area contributed by atoms with Gasteiger partial charge in [0.25, 0.3) is 0 Å². The molecule has 0 unspecified atom stereocenters. The molecule has 0 saturated carbocycles. The van der Waals surface area contributed by atoms with Crippen LogP contribution >= 0.6 is 11.6 Å². The summed E-state index contributed by atoms with van der Waals surface area (Å²) < 4.78 is 5.19. The fourth-order valence-corrected chi connectivity index (χ4v) is 2.15. The summed E-state index contributed by atoms with van der Waals surface area (Å²) >= 11 is 5.97. The summed E-state index contributed by atoms with van der Waals surface area (Å²) in [4.78, 5) is 4.37. The molecule has 0 spiro atoms. The molecule has 3 rings (SSSR count). The van der Waals surface area contributed by atoms with Crippen LogP contribution in [-0.4, -0.2) is 22.3 Å². The Hall–Kier alpha value is -2.86. The lowest BCUT2D eigenvalue weighted by molar-refractivity contribution is 0.415.